The number of aliphatic hydroxyl groups is 1. The van der Waals surface area contributed by atoms with Crippen molar-refractivity contribution >= 4 is 5.97 Å². The summed E-state index contributed by atoms with van der Waals surface area (Å²) in [6, 6.07) is 11.2. The highest BCUT2D eigenvalue weighted by Crippen LogP contribution is 2.18. The molecule has 0 spiro atoms. The lowest BCUT2D eigenvalue weighted by atomic mass is 9.99. The zero-order valence-electron chi connectivity index (χ0n) is 16.0. The van der Waals surface area contributed by atoms with Crippen molar-refractivity contribution in [3.05, 3.63) is 35.9 Å². The lowest BCUT2D eigenvalue weighted by Gasteiger charge is -2.39. The predicted octanol–water partition coefficient (Wildman–Crippen LogP) is 2.39. The number of carbonyl (C=O) groups is 1. The summed E-state index contributed by atoms with van der Waals surface area (Å²) in [6.07, 6.45) is 4.10. The third-order valence-corrected chi connectivity index (χ3v) is 4.11. The maximum Gasteiger partial charge on any atom is 0.105 e. The Labute approximate surface area is 147 Å². The van der Waals surface area contributed by atoms with Gasteiger partial charge in [0.25, 0.3) is 0 Å². The van der Waals surface area contributed by atoms with Gasteiger partial charge in [-0.1, -0.05) is 57.0 Å². The number of nitrogens with zero attached hydrogens (tertiary/aromatic N) is 1. The lowest BCUT2D eigenvalue weighted by Crippen LogP contribution is -2.53. The van der Waals surface area contributed by atoms with Gasteiger partial charge >= 0.3 is 0 Å². The van der Waals surface area contributed by atoms with Crippen molar-refractivity contribution in [2.75, 3.05) is 20.6 Å². The van der Waals surface area contributed by atoms with Crippen molar-refractivity contribution in [2.24, 2.45) is 0 Å². The number of likely N-dealkylation sites (N-methyl/N-ethyl adjacent to an activating group) is 1. The van der Waals surface area contributed by atoms with Crippen molar-refractivity contribution < 1.29 is 19.5 Å². The average Bonchev–Trinajstić information content (AvgIpc) is 2.47. The molecule has 2 atom stereocenters. The van der Waals surface area contributed by atoms with Crippen LogP contribution in [0.15, 0.2) is 30.3 Å². The number of carbonyl (C=O) groups excluding carboxylic acids is 1. The summed E-state index contributed by atoms with van der Waals surface area (Å²) in [7, 11) is 4.46. The van der Waals surface area contributed by atoms with E-state index in [1.54, 1.807) is 6.92 Å². The van der Waals surface area contributed by atoms with Gasteiger partial charge in [0.1, 0.15) is 12.6 Å². The lowest BCUT2D eigenvalue weighted by molar-refractivity contribution is -0.918. The number of aliphatic hydroxyl groups excluding tert-OH is 1. The normalized spacial score (nSPS) is 13.6. The summed E-state index contributed by atoms with van der Waals surface area (Å²) >= 11 is 0. The molecule has 0 aliphatic rings. The van der Waals surface area contributed by atoms with Crippen molar-refractivity contribution in [1.82, 2.24) is 0 Å². The van der Waals surface area contributed by atoms with Crippen molar-refractivity contribution in [1.29, 1.82) is 0 Å². The Kier molecular flexibility index (Phi) is 11.3. The molecular formula is C20H35NO3. The second kappa shape index (κ2) is 12.0. The fourth-order valence-electron chi connectivity index (χ4n) is 2.95. The smallest absolute Gasteiger partial charge is 0.105 e. The number of quaternary nitrogens is 1. The number of carboxylic acid groups (broad SMARTS) is 1. The second-order valence-electron chi connectivity index (χ2n) is 7.06. The molecule has 138 valence electrons. The Hall–Kier alpha value is -1.39. The number of hydrogen-bond donors (Lipinski definition) is 1. The molecule has 4 nitrogen and oxygen atoms in total. The summed E-state index contributed by atoms with van der Waals surface area (Å²) in [4.78, 5) is 9.49. The zero-order chi connectivity index (χ0) is 18.6. The Morgan fingerprint density at radius 1 is 1.17 bits per heavy atom. The van der Waals surface area contributed by atoms with Crippen LogP contribution in [-0.2, 0) is 11.2 Å². The molecule has 24 heavy (non-hydrogen) atoms. The highest BCUT2D eigenvalue weighted by Gasteiger charge is 2.28. The van der Waals surface area contributed by atoms with Crippen LogP contribution in [0.25, 0.3) is 0 Å². The van der Waals surface area contributed by atoms with E-state index in [1.165, 1.54) is 18.4 Å². The Balaban J connectivity index is 0.000000754. The van der Waals surface area contributed by atoms with Crippen LogP contribution in [0, 0.1) is 0 Å². The van der Waals surface area contributed by atoms with Gasteiger partial charge in [0.15, 0.2) is 0 Å². The van der Waals surface area contributed by atoms with E-state index in [-0.39, 0.29) is 12.5 Å². The summed E-state index contributed by atoms with van der Waals surface area (Å²) in [5.74, 6) is -0.961. The van der Waals surface area contributed by atoms with Crippen LogP contribution in [0.4, 0.5) is 0 Å². The molecule has 1 N–H and O–H groups in total. The van der Waals surface area contributed by atoms with Crippen molar-refractivity contribution in [2.45, 2.75) is 65.0 Å². The molecule has 0 saturated carbocycles. The van der Waals surface area contributed by atoms with E-state index in [9.17, 15) is 15.0 Å². The summed E-state index contributed by atoms with van der Waals surface area (Å²) < 4.78 is 0.889. The molecule has 0 aromatic heterocycles. The third-order valence-electron chi connectivity index (χ3n) is 4.11. The maximum absolute atomic E-state index is 9.66. The number of benzene rings is 1. The molecule has 0 saturated heterocycles. The molecule has 0 heterocycles. The highest BCUT2D eigenvalue weighted by atomic mass is 16.4. The molecule has 1 rings (SSSR count). The number of rotatable bonds is 9. The monoisotopic (exact) mass is 337 g/mol. The molecule has 0 aliphatic heterocycles. The van der Waals surface area contributed by atoms with Gasteiger partial charge in [0.2, 0.25) is 0 Å². The molecule has 2 unspecified atom stereocenters. The van der Waals surface area contributed by atoms with Crippen LogP contribution in [0.3, 0.4) is 0 Å². The van der Waals surface area contributed by atoms with Crippen LogP contribution in [0.2, 0.25) is 0 Å². The van der Waals surface area contributed by atoms with Gasteiger partial charge in [-0.05, 0) is 25.3 Å². The number of hydrogen-bond acceptors (Lipinski definition) is 3. The van der Waals surface area contributed by atoms with E-state index >= 15 is 0 Å². The van der Waals surface area contributed by atoms with E-state index in [4.69, 9.17) is 0 Å². The van der Waals surface area contributed by atoms with Crippen LogP contribution in [0.1, 0.15) is 52.0 Å². The van der Waals surface area contributed by atoms with Crippen LogP contribution < -0.4 is 5.11 Å². The Bertz CT molecular complexity index is 443. The van der Waals surface area contributed by atoms with E-state index < -0.39 is 5.97 Å². The first-order valence-electron chi connectivity index (χ1n) is 8.97. The number of carboxylic acids is 1. The van der Waals surface area contributed by atoms with Crippen LogP contribution in [-0.4, -0.2) is 48.3 Å². The van der Waals surface area contributed by atoms with Crippen LogP contribution in [0.5, 0.6) is 0 Å². The Morgan fingerprint density at radius 2 is 1.75 bits per heavy atom. The van der Waals surface area contributed by atoms with Crippen molar-refractivity contribution in [3.8, 4) is 0 Å². The predicted molar refractivity (Wildman–Crippen MR) is 97.4 cm³/mol. The van der Waals surface area contributed by atoms with E-state index in [2.05, 4.69) is 51.4 Å². The second-order valence-corrected chi connectivity index (χ2v) is 7.06. The fourth-order valence-corrected chi connectivity index (χ4v) is 2.95. The fraction of sp³-hybridized carbons (Fsp3) is 0.650. The molecular weight excluding hydrogens is 302 g/mol. The van der Waals surface area contributed by atoms with Gasteiger partial charge in [0, 0.05) is 12.4 Å². The topological polar surface area (TPSA) is 60.4 Å². The minimum Gasteiger partial charge on any atom is -0.550 e. The minimum absolute atomic E-state index is 0.181. The Morgan fingerprint density at radius 3 is 2.12 bits per heavy atom. The largest absolute Gasteiger partial charge is 0.550 e. The summed E-state index contributed by atoms with van der Waals surface area (Å²) in [5, 5.41) is 19.1. The minimum atomic E-state index is -0.961. The van der Waals surface area contributed by atoms with Gasteiger partial charge in [-0.3, -0.25) is 0 Å². The molecule has 4 heteroatoms. The molecule has 0 fully saturated rings. The average molecular weight is 338 g/mol. The standard InChI is InChI=1S/C16H28NO.C4H8O2/c1-5-9-16(17(3,4)13-14(2)18)12-15-10-7-6-8-11-15;1-2-3-4(5)6/h6-8,10-11,14,16,18H,5,9,12-13H2,1-4H3;2-3H2,1H3,(H,5,6)/q+1;/p-1. The first-order chi connectivity index (χ1) is 11.2. The first-order valence-corrected chi connectivity index (χ1v) is 8.97. The zero-order valence-corrected chi connectivity index (χ0v) is 16.0. The van der Waals surface area contributed by atoms with E-state index in [0.29, 0.717) is 12.5 Å². The van der Waals surface area contributed by atoms with Gasteiger partial charge in [-0.15, -0.1) is 0 Å². The van der Waals surface area contributed by atoms with Gasteiger partial charge < -0.3 is 19.5 Å². The SMILES string of the molecule is CCCC(=O)[O-].CCCC(Cc1ccccc1)[N+](C)(C)CC(C)O. The van der Waals surface area contributed by atoms with Gasteiger partial charge in [-0.25, -0.2) is 0 Å². The highest BCUT2D eigenvalue weighted by molar-refractivity contribution is 5.63. The summed E-state index contributed by atoms with van der Waals surface area (Å²) in [6.45, 7) is 6.74. The molecule has 0 bridgehead atoms. The third kappa shape index (κ3) is 10.4. The molecule has 1 aromatic carbocycles. The van der Waals surface area contributed by atoms with Gasteiger partial charge in [0.05, 0.1) is 20.1 Å². The van der Waals surface area contributed by atoms with Gasteiger partial charge in [-0.2, -0.15) is 0 Å². The maximum atomic E-state index is 9.66. The quantitative estimate of drug-likeness (QED) is 0.704. The first kappa shape index (κ1) is 22.6. The summed E-state index contributed by atoms with van der Waals surface area (Å²) in [5.41, 5.74) is 1.40. The van der Waals surface area contributed by atoms with E-state index in [0.717, 1.165) is 17.4 Å². The van der Waals surface area contributed by atoms with Crippen LogP contribution >= 0.6 is 0 Å². The molecule has 0 aliphatic carbocycles. The number of aliphatic carboxylic acids is 1. The van der Waals surface area contributed by atoms with E-state index in [1.807, 2.05) is 6.92 Å². The molecule has 0 radical (unpaired) electrons. The molecule has 0 amide bonds. The van der Waals surface area contributed by atoms with Crippen molar-refractivity contribution in [3.63, 3.8) is 0 Å². The molecule has 1 aromatic rings.